The van der Waals surface area contributed by atoms with Crippen LogP contribution >= 0.6 is 0 Å². The van der Waals surface area contributed by atoms with Crippen LogP contribution in [0, 0.1) is 18.3 Å². The van der Waals surface area contributed by atoms with Crippen molar-refractivity contribution in [1.29, 1.82) is 5.26 Å². The van der Waals surface area contributed by atoms with Gasteiger partial charge in [0.1, 0.15) is 5.75 Å². The van der Waals surface area contributed by atoms with Crippen molar-refractivity contribution in [3.05, 3.63) is 29.5 Å². The highest BCUT2D eigenvalue weighted by molar-refractivity contribution is 5.94. The molecule has 0 unspecified atom stereocenters. The van der Waals surface area contributed by atoms with Crippen molar-refractivity contribution in [3.8, 4) is 11.8 Å². The van der Waals surface area contributed by atoms with Crippen LogP contribution in [0.2, 0.25) is 0 Å². The number of ether oxygens (including phenoxy) is 1. The maximum Gasteiger partial charge on any atom is 0.119 e. The van der Waals surface area contributed by atoms with Crippen molar-refractivity contribution in [2.75, 3.05) is 26.1 Å². The SMILES string of the molecule is COc1ccc2nc(C)c(CCC#N)c(N(C)C)c2c1. The average molecular weight is 269 g/mol. The number of anilines is 1. The second-order valence-electron chi connectivity index (χ2n) is 4.96. The van der Waals surface area contributed by atoms with Gasteiger partial charge in [0.2, 0.25) is 0 Å². The largest absolute Gasteiger partial charge is 0.497 e. The van der Waals surface area contributed by atoms with Crippen LogP contribution in [0.25, 0.3) is 10.9 Å². The lowest BCUT2D eigenvalue weighted by molar-refractivity contribution is 0.415. The Kier molecular flexibility index (Phi) is 4.09. The van der Waals surface area contributed by atoms with Crippen LogP contribution in [0.15, 0.2) is 18.2 Å². The minimum Gasteiger partial charge on any atom is -0.497 e. The molecule has 1 heterocycles. The summed E-state index contributed by atoms with van der Waals surface area (Å²) >= 11 is 0. The minimum absolute atomic E-state index is 0.499. The number of pyridine rings is 1. The van der Waals surface area contributed by atoms with Crippen molar-refractivity contribution >= 4 is 16.6 Å². The fourth-order valence-electron chi connectivity index (χ4n) is 2.50. The fraction of sp³-hybridized carbons (Fsp3) is 0.375. The second-order valence-corrected chi connectivity index (χ2v) is 4.96. The van der Waals surface area contributed by atoms with E-state index in [1.807, 2.05) is 39.2 Å². The summed E-state index contributed by atoms with van der Waals surface area (Å²) in [6.07, 6.45) is 1.22. The maximum absolute atomic E-state index is 8.84. The average Bonchev–Trinajstić information content (AvgIpc) is 2.43. The Morgan fingerprint density at radius 3 is 2.70 bits per heavy atom. The molecule has 104 valence electrons. The Bertz CT molecular complexity index is 671. The van der Waals surface area contributed by atoms with Gasteiger partial charge in [-0.3, -0.25) is 4.98 Å². The van der Waals surface area contributed by atoms with Crippen LogP contribution in [0.3, 0.4) is 0 Å². The molecule has 0 radical (unpaired) electrons. The lowest BCUT2D eigenvalue weighted by Crippen LogP contribution is -2.14. The summed E-state index contributed by atoms with van der Waals surface area (Å²) in [4.78, 5) is 6.74. The van der Waals surface area contributed by atoms with Crippen molar-refractivity contribution in [1.82, 2.24) is 4.98 Å². The zero-order chi connectivity index (χ0) is 14.7. The van der Waals surface area contributed by atoms with Gasteiger partial charge in [-0.1, -0.05) is 0 Å². The van der Waals surface area contributed by atoms with Gasteiger partial charge in [0.05, 0.1) is 24.4 Å². The highest BCUT2D eigenvalue weighted by Gasteiger charge is 2.14. The highest BCUT2D eigenvalue weighted by Crippen LogP contribution is 2.33. The molecule has 0 saturated heterocycles. The van der Waals surface area contributed by atoms with Crippen molar-refractivity contribution < 1.29 is 4.74 Å². The first kappa shape index (κ1) is 14.1. The third-order valence-electron chi connectivity index (χ3n) is 3.40. The number of fused-ring (bicyclic) bond motifs is 1. The molecule has 0 spiro atoms. The first-order chi connectivity index (χ1) is 9.58. The van der Waals surface area contributed by atoms with E-state index in [0.29, 0.717) is 6.42 Å². The van der Waals surface area contributed by atoms with Gasteiger partial charge < -0.3 is 9.64 Å². The summed E-state index contributed by atoms with van der Waals surface area (Å²) < 4.78 is 5.31. The lowest BCUT2D eigenvalue weighted by atomic mass is 10.0. The zero-order valence-electron chi connectivity index (χ0n) is 12.4. The first-order valence-corrected chi connectivity index (χ1v) is 6.60. The lowest BCUT2D eigenvalue weighted by Gasteiger charge is -2.21. The maximum atomic E-state index is 8.84. The van der Waals surface area contributed by atoms with Gasteiger partial charge in [0, 0.05) is 31.6 Å². The molecule has 0 bridgehead atoms. The zero-order valence-corrected chi connectivity index (χ0v) is 12.4. The van der Waals surface area contributed by atoms with E-state index in [9.17, 15) is 0 Å². The molecule has 20 heavy (non-hydrogen) atoms. The predicted octanol–water partition coefficient (Wildman–Crippen LogP) is 3.07. The minimum atomic E-state index is 0.499. The summed E-state index contributed by atoms with van der Waals surface area (Å²) in [5.41, 5.74) is 4.20. The molecule has 0 fully saturated rings. The Morgan fingerprint density at radius 2 is 2.10 bits per heavy atom. The van der Waals surface area contributed by atoms with Crippen LogP contribution < -0.4 is 9.64 Å². The smallest absolute Gasteiger partial charge is 0.119 e. The molecule has 1 aromatic carbocycles. The molecule has 0 aliphatic carbocycles. The summed E-state index contributed by atoms with van der Waals surface area (Å²) in [5.74, 6) is 0.817. The van der Waals surface area contributed by atoms with E-state index in [2.05, 4.69) is 16.0 Å². The van der Waals surface area contributed by atoms with Crippen LogP contribution in [0.4, 0.5) is 5.69 Å². The molecule has 0 aliphatic heterocycles. The van der Waals surface area contributed by atoms with E-state index < -0.39 is 0 Å². The van der Waals surface area contributed by atoms with Crippen molar-refractivity contribution in [3.63, 3.8) is 0 Å². The number of methoxy groups -OCH3 is 1. The monoisotopic (exact) mass is 269 g/mol. The summed E-state index contributed by atoms with van der Waals surface area (Å²) in [6.45, 7) is 2.00. The number of hydrogen-bond acceptors (Lipinski definition) is 4. The molecule has 0 N–H and O–H groups in total. The van der Waals surface area contributed by atoms with Gasteiger partial charge in [-0.25, -0.2) is 0 Å². The number of benzene rings is 1. The van der Waals surface area contributed by atoms with Gasteiger partial charge in [-0.2, -0.15) is 5.26 Å². The molecule has 0 aliphatic rings. The molecule has 1 aromatic heterocycles. The van der Waals surface area contributed by atoms with Gasteiger partial charge in [-0.15, -0.1) is 0 Å². The number of rotatable bonds is 4. The quantitative estimate of drug-likeness (QED) is 0.856. The van der Waals surface area contributed by atoms with Crippen molar-refractivity contribution in [2.24, 2.45) is 0 Å². The van der Waals surface area contributed by atoms with Crippen molar-refractivity contribution in [2.45, 2.75) is 19.8 Å². The molecular weight excluding hydrogens is 250 g/mol. The Morgan fingerprint density at radius 1 is 1.35 bits per heavy atom. The molecule has 2 aromatic rings. The van der Waals surface area contributed by atoms with Gasteiger partial charge in [0.15, 0.2) is 0 Å². The number of hydrogen-bond donors (Lipinski definition) is 0. The third-order valence-corrected chi connectivity index (χ3v) is 3.40. The van der Waals surface area contributed by atoms with Crippen LogP contribution in [0.5, 0.6) is 5.75 Å². The standard InChI is InChI=1S/C16H19N3O/c1-11-13(6-5-9-17)16(19(2)3)14-10-12(20-4)7-8-15(14)18-11/h7-8,10H,5-6H2,1-4H3. The van der Waals surface area contributed by atoms with Gasteiger partial charge >= 0.3 is 0 Å². The highest BCUT2D eigenvalue weighted by atomic mass is 16.5. The van der Waals surface area contributed by atoms with E-state index in [0.717, 1.165) is 40.0 Å². The Labute approximate surface area is 119 Å². The molecule has 4 heteroatoms. The molecule has 0 saturated carbocycles. The first-order valence-electron chi connectivity index (χ1n) is 6.60. The van der Waals surface area contributed by atoms with E-state index >= 15 is 0 Å². The van der Waals surface area contributed by atoms with E-state index in [1.165, 1.54) is 0 Å². The van der Waals surface area contributed by atoms with Crippen LogP contribution in [0.1, 0.15) is 17.7 Å². The number of aromatic nitrogens is 1. The van der Waals surface area contributed by atoms with E-state index in [4.69, 9.17) is 10.00 Å². The van der Waals surface area contributed by atoms with Crippen LogP contribution in [-0.4, -0.2) is 26.2 Å². The Hall–Kier alpha value is -2.28. The fourth-order valence-corrected chi connectivity index (χ4v) is 2.50. The summed E-state index contributed by atoms with van der Waals surface area (Å²) in [7, 11) is 5.70. The van der Waals surface area contributed by atoms with Gasteiger partial charge in [0.25, 0.3) is 0 Å². The van der Waals surface area contributed by atoms with Gasteiger partial charge in [-0.05, 0) is 37.1 Å². The number of aryl methyl sites for hydroxylation is 1. The van der Waals surface area contributed by atoms with E-state index in [-0.39, 0.29) is 0 Å². The van der Waals surface area contributed by atoms with E-state index in [1.54, 1.807) is 7.11 Å². The molecule has 2 rings (SSSR count). The number of nitrogens with zero attached hydrogens (tertiary/aromatic N) is 3. The number of nitriles is 1. The normalized spacial score (nSPS) is 10.3. The van der Waals surface area contributed by atoms with Crippen LogP contribution in [-0.2, 0) is 6.42 Å². The molecule has 0 atom stereocenters. The summed E-state index contributed by atoms with van der Waals surface area (Å²) in [6, 6.07) is 8.11. The molecule has 4 nitrogen and oxygen atoms in total. The predicted molar refractivity (Wildman–Crippen MR) is 81.3 cm³/mol. The summed E-state index contributed by atoms with van der Waals surface area (Å²) in [5, 5.41) is 9.90. The second kappa shape index (κ2) is 5.79. The molecular formula is C16H19N3O. The third kappa shape index (κ3) is 2.53. The Balaban J connectivity index is 2.74. The topological polar surface area (TPSA) is 49.1 Å². The molecule has 0 amide bonds.